The van der Waals surface area contributed by atoms with Gasteiger partial charge in [0.25, 0.3) is 0 Å². The second-order valence-corrected chi connectivity index (χ2v) is 9.27. The number of amides is 1. The van der Waals surface area contributed by atoms with Gasteiger partial charge in [0.05, 0.1) is 6.04 Å². The van der Waals surface area contributed by atoms with Gasteiger partial charge < -0.3 is 9.42 Å². The van der Waals surface area contributed by atoms with Gasteiger partial charge in [-0.3, -0.25) is 14.6 Å². The maximum Gasteiger partial charge on any atom is 0.244 e. The molecule has 0 aliphatic carbocycles. The minimum atomic E-state index is -0.218. The van der Waals surface area contributed by atoms with Gasteiger partial charge >= 0.3 is 0 Å². The zero-order chi connectivity index (χ0) is 23.3. The number of carbonyl (C=O) groups excluding carboxylic acids is 1. The molecule has 0 saturated carbocycles. The van der Waals surface area contributed by atoms with Crippen LogP contribution in [0.15, 0.2) is 65.2 Å². The van der Waals surface area contributed by atoms with Crippen molar-refractivity contribution in [1.82, 2.24) is 24.8 Å². The van der Waals surface area contributed by atoms with Crippen LogP contribution >= 0.6 is 0 Å². The first kappa shape index (κ1) is 22.7. The van der Waals surface area contributed by atoms with E-state index in [9.17, 15) is 4.79 Å². The van der Waals surface area contributed by atoms with Crippen molar-refractivity contribution in [2.45, 2.75) is 38.3 Å². The fraction of sp³-hybridized carbons (Fsp3) is 0.444. The van der Waals surface area contributed by atoms with Crippen LogP contribution in [0.2, 0.25) is 0 Å². The summed E-state index contributed by atoms with van der Waals surface area (Å²) in [5.74, 6) is 1.51. The average Bonchev–Trinajstić information content (AvgIpc) is 3.41. The molecular formula is C27H33N5O2. The first-order valence-corrected chi connectivity index (χ1v) is 12.4. The summed E-state index contributed by atoms with van der Waals surface area (Å²) in [6.45, 7) is 7.21. The smallest absolute Gasteiger partial charge is 0.244 e. The van der Waals surface area contributed by atoms with Gasteiger partial charge in [0.1, 0.15) is 6.04 Å². The molecule has 2 fully saturated rings. The van der Waals surface area contributed by atoms with Crippen LogP contribution in [0.3, 0.4) is 0 Å². The molecule has 1 aromatic heterocycles. The molecule has 2 saturated heterocycles. The van der Waals surface area contributed by atoms with Crippen molar-refractivity contribution in [2.75, 3.05) is 39.3 Å². The third-order valence-corrected chi connectivity index (χ3v) is 7.11. The number of piperidine rings is 1. The van der Waals surface area contributed by atoms with Crippen LogP contribution in [0.4, 0.5) is 0 Å². The summed E-state index contributed by atoms with van der Waals surface area (Å²) in [5, 5.41) is 4.19. The highest BCUT2D eigenvalue weighted by Crippen LogP contribution is 2.29. The summed E-state index contributed by atoms with van der Waals surface area (Å²) >= 11 is 0. The van der Waals surface area contributed by atoms with E-state index in [1.54, 1.807) is 0 Å². The first-order chi connectivity index (χ1) is 16.7. The van der Waals surface area contributed by atoms with Crippen molar-refractivity contribution in [3.63, 3.8) is 0 Å². The Bertz CT molecular complexity index is 1060. The molecule has 1 amide bonds. The lowest BCUT2D eigenvalue weighted by Crippen LogP contribution is -2.52. The largest absolute Gasteiger partial charge is 0.341 e. The Labute approximate surface area is 201 Å². The highest BCUT2D eigenvalue weighted by Gasteiger charge is 2.35. The molecule has 2 aromatic carbocycles. The van der Waals surface area contributed by atoms with Crippen LogP contribution in [0.5, 0.6) is 0 Å². The maximum absolute atomic E-state index is 13.6. The molecule has 3 aromatic rings. The van der Waals surface area contributed by atoms with Crippen LogP contribution < -0.4 is 0 Å². The van der Waals surface area contributed by atoms with Crippen LogP contribution in [0.1, 0.15) is 49.7 Å². The van der Waals surface area contributed by atoms with Crippen LogP contribution in [0, 0.1) is 0 Å². The van der Waals surface area contributed by atoms with Gasteiger partial charge in [-0.15, -0.1) is 0 Å². The lowest BCUT2D eigenvalue weighted by Gasteiger charge is -2.42. The van der Waals surface area contributed by atoms with Gasteiger partial charge in [-0.1, -0.05) is 65.8 Å². The van der Waals surface area contributed by atoms with E-state index in [1.165, 1.54) is 6.42 Å². The Kier molecular flexibility index (Phi) is 7.02. The van der Waals surface area contributed by atoms with Gasteiger partial charge in [0.15, 0.2) is 0 Å². The van der Waals surface area contributed by atoms with E-state index in [4.69, 9.17) is 4.52 Å². The molecule has 5 rings (SSSR count). The van der Waals surface area contributed by atoms with E-state index in [2.05, 4.69) is 43.9 Å². The van der Waals surface area contributed by atoms with Crippen LogP contribution in [-0.2, 0) is 4.79 Å². The van der Waals surface area contributed by atoms with Crippen molar-refractivity contribution < 1.29 is 9.32 Å². The van der Waals surface area contributed by atoms with Crippen LogP contribution in [-0.4, -0.2) is 70.0 Å². The number of carbonyl (C=O) groups is 1. The molecule has 2 aliphatic rings. The summed E-state index contributed by atoms with van der Waals surface area (Å²) in [7, 11) is 0. The molecule has 178 valence electrons. The molecule has 0 N–H and O–H groups in total. The van der Waals surface area contributed by atoms with E-state index < -0.39 is 0 Å². The second-order valence-electron chi connectivity index (χ2n) is 9.27. The zero-order valence-corrected chi connectivity index (χ0v) is 19.8. The number of aromatic nitrogens is 2. The first-order valence-electron chi connectivity index (χ1n) is 12.4. The monoisotopic (exact) mass is 459 g/mol. The Morgan fingerprint density at radius 1 is 0.824 bits per heavy atom. The molecule has 2 atom stereocenters. The van der Waals surface area contributed by atoms with E-state index in [0.717, 1.165) is 63.2 Å². The molecule has 7 heteroatoms. The lowest BCUT2D eigenvalue weighted by molar-refractivity contribution is -0.139. The number of nitrogens with zero attached hydrogens (tertiary/aromatic N) is 5. The standard InChI is InChI=1S/C27H33N5O2/c1-21(26-28-25(29-34-26)23-13-7-3-8-14-23)30-17-19-31(20-18-30)24(22-11-5-2-6-12-22)27(33)32-15-9-4-10-16-32/h2-3,5-8,11-14,21,24H,4,9-10,15-20H2,1H3. The molecule has 2 aliphatic heterocycles. The van der Waals surface area contributed by atoms with E-state index >= 15 is 0 Å². The molecule has 7 nitrogen and oxygen atoms in total. The van der Waals surface area contributed by atoms with Crippen molar-refractivity contribution in [3.8, 4) is 11.4 Å². The maximum atomic E-state index is 13.6. The Morgan fingerprint density at radius 2 is 1.44 bits per heavy atom. The van der Waals surface area contributed by atoms with Gasteiger partial charge in [-0.05, 0) is 31.7 Å². The highest BCUT2D eigenvalue weighted by atomic mass is 16.5. The third kappa shape index (κ3) is 4.91. The Balaban J connectivity index is 1.27. The molecule has 2 unspecified atom stereocenters. The summed E-state index contributed by atoms with van der Waals surface area (Å²) in [6, 6.07) is 20.0. The number of piperazine rings is 1. The average molecular weight is 460 g/mol. The van der Waals surface area contributed by atoms with Crippen molar-refractivity contribution in [3.05, 3.63) is 72.1 Å². The molecule has 3 heterocycles. The molecule has 0 spiro atoms. The third-order valence-electron chi connectivity index (χ3n) is 7.11. The number of benzene rings is 2. The van der Waals surface area contributed by atoms with Crippen LogP contribution in [0.25, 0.3) is 11.4 Å². The van der Waals surface area contributed by atoms with Gasteiger partial charge in [-0.2, -0.15) is 4.98 Å². The zero-order valence-electron chi connectivity index (χ0n) is 19.8. The quantitative estimate of drug-likeness (QED) is 0.551. The molecule has 0 bridgehead atoms. The van der Waals surface area contributed by atoms with Crippen molar-refractivity contribution >= 4 is 5.91 Å². The molecule has 34 heavy (non-hydrogen) atoms. The van der Waals surface area contributed by atoms with Crippen molar-refractivity contribution in [2.24, 2.45) is 0 Å². The Morgan fingerprint density at radius 3 is 2.12 bits per heavy atom. The SMILES string of the molecule is CC(c1nc(-c2ccccc2)no1)N1CCN(C(C(=O)N2CCCCC2)c2ccccc2)CC1. The normalized spacial score (nSPS) is 19.6. The number of hydrogen-bond donors (Lipinski definition) is 0. The minimum Gasteiger partial charge on any atom is -0.341 e. The lowest BCUT2D eigenvalue weighted by atomic mass is 10.0. The van der Waals surface area contributed by atoms with Gasteiger partial charge in [0.2, 0.25) is 17.6 Å². The predicted molar refractivity (Wildman–Crippen MR) is 131 cm³/mol. The minimum absolute atomic E-state index is 0.0279. The van der Waals surface area contributed by atoms with E-state index in [1.807, 2.05) is 48.5 Å². The topological polar surface area (TPSA) is 65.7 Å². The van der Waals surface area contributed by atoms with Gasteiger partial charge in [-0.25, -0.2) is 0 Å². The summed E-state index contributed by atoms with van der Waals surface area (Å²) in [4.78, 5) is 25.0. The fourth-order valence-electron chi connectivity index (χ4n) is 5.08. The summed E-state index contributed by atoms with van der Waals surface area (Å²) < 4.78 is 5.62. The number of likely N-dealkylation sites (tertiary alicyclic amines) is 1. The van der Waals surface area contributed by atoms with Crippen molar-refractivity contribution in [1.29, 1.82) is 0 Å². The fourth-order valence-corrected chi connectivity index (χ4v) is 5.08. The predicted octanol–water partition coefficient (Wildman–Crippen LogP) is 4.17. The molecular weight excluding hydrogens is 426 g/mol. The van der Waals surface area contributed by atoms with Gasteiger partial charge in [0, 0.05) is 44.8 Å². The van der Waals surface area contributed by atoms with E-state index in [0.29, 0.717) is 11.7 Å². The molecule has 0 radical (unpaired) electrons. The second kappa shape index (κ2) is 10.5. The number of rotatable bonds is 6. The number of hydrogen-bond acceptors (Lipinski definition) is 6. The Hall–Kier alpha value is -3.03. The highest BCUT2D eigenvalue weighted by molar-refractivity contribution is 5.83. The van der Waals surface area contributed by atoms with E-state index in [-0.39, 0.29) is 18.0 Å². The summed E-state index contributed by atoms with van der Waals surface area (Å²) in [5.41, 5.74) is 2.04. The summed E-state index contributed by atoms with van der Waals surface area (Å²) in [6.07, 6.45) is 3.43.